The number of allylic oxidation sites excluding steroid dienone is 2. The monoisotopic (exact) mass is 256 g/mol. The third-order valence-corrected chi connectivity index (χ3v) is 3.24. The van der Waals surface area contributed by atoms with Gasteiger partial charge in [-0.1, -0.05) is 28.3 Å². The summed E-state index contributed by atoms with van der Waals surface area (Å²) in [4.78, 5) is 4.39. The minimum atomic E-state index is -2.89. The van der Waals surface area contributed by atoms with Crippen molar-refractivity contribution < 1.29 is 8.78 Å². The maximum Gasteiger partial charge on any atom is 0.283 e. The molecule has 1 atom stereocenters. The summed E-state index contributed by atoms with van der Waals surface area (Å²) < 4.78 is 28.5. The Kier molecular flexibility index (Phi) is 3.17. The van der Waals surface area contributed by atoms with Crippen LogP contribution in [-0.2, 0) is 13.5 Å². The first-order valence-corrected chi connectivity index (χ1v) is 6.12. The van der Waals surface area contributed by atoms with Gasteiger partial charge in [-0.25, -0.2) is 4.98 Å². The molecule has 0 bridgehead atoms. The highest BCUT2D eigenvalue weighted by atomic mass is 31.0. The first kappa shape index (κ1) is 12.4. The lowest BCUT2D eigenvalue weighted by Crippen LogP contribution is -2.29. The van der Waals surface area contributed by atoms with E-state index in [2.05, 4.69) is 4.98 Å². The SMILES string of the molecule is CCc1nc2c(n1C)=CCC=C(C(F)(F)P)C=2. The minimum Gasteiger partial charge on any atom is -0.331 e. The summed E-state index contributed by atoms with van der Waals surface area (Å²) in [6.45, 7) is 2.00. The zero-order chi connectivity index (χ0) is 12.6. The molecule has 0 fully saturated rings. The molecule has 2 nitrogen and oxygen atoms in total. The minimum absolute atomic E-state index is 0.0123. The van der Waals surface area contributed by atoms with Gasteiger partial charge in [-0.05, 0) is 12.5 Å². The number of nitrogens with zero attached hydrogens (tertiary/aromatic N) is 2. The van der Waals surface area contributed by atoms with E-state index in [-0.39, 0.29) is 5.57 Å². The van der Waals surface area contributed by atoms with Gasteiger partial charge in [0.25, 0.3) is 5.66 Å². The third kappa shape index (κ3) is 2.32. The van der Waals surface area contributed by atoms with Gasteiger partial charge in [0.1, 0.15) is 5.82 Å². The van der Waals surface area contributed by atoms with Gasteiger partial charge < -0.3 is 4.57 Å². The molecule has 1 aromatic rings. The fourth-order valence-corrected chi connectivity index (χ4v) is 2.18. The van der Waals surface area contributed by atoms with Gasteiger partial charge in [-0.2, -0.15) is 8.78 Å². The van der Waals surface area contributed by atoms with E-state index in [1.165, 1.54) is 6.08 Å². The molecular formula is C12H15F2N2P. The van der Waals surface area contributed by atoms with Gasteiger partial charge in [0.15, 0.2) is 0 Å². The molecule has 0 amide bonds. The Bertz CT molecular complexity index is 579. The molecule has 0 aromatic carbocycles. The van der Waals surface area contributed by atoms with Gasteiger partial charge in [0, 0.05) is 19.0 Å². The van der Waals surface area contributed by atoms with Crippen molar-refractivity contribution in [3.63, 3.8) is 0 Å². The molecule has 0 spiro atoms. The van der Waals surface area contributed by atoms with E-state index in [9.17, 15) is 8.78 Å². The van der Waals surface area contributed by atoms with Gasteiger partial charge in [0.05, 0.1) is 10.7 Å². The number of imidazole rings is 1. The zero-order valence-corrected chi connectivity index (χ0v) is 11.0. The van der Waals surface area contributed by atoms with Crippen molar-refractivity contribution in [3.05, 3.63) is 28.2 Å². The molecule has 1 aromatic heterocycles. The van der Waals surface area contributed by atoms with E-state index in [1.54, 1.807) is 15.3 Å². The molecule has 1 aliphatic carbocycles. The van der Waals surface area contributed by atoms with Crippen LogP contribution < -0.4 is 10.7 Å². The molecule has 1 heterocycles. The highest BCUT2D eigenvalue weighted by molar-refractivity contribution is 7.18. The average Bonchev–Trinajstić information content (AvgIpc) is 2.45. The molecule has 0 N–H and O–H groups in total. The van der Waals surface area contributed by atoms with Crippen molar-refractivity contribution in [3.8, 4) is 0 Å². The Morgan fingerprint density at radius 1 is 1.47 bits per heavy atom. The summed E-state index contributed by atoms with van der Waals surface area (Å²) in [6, 6.07) is 0. The largest absolute Gasteiger partial charge is 0.331 e. The van der Waals surface area contributed by atoms with Crippen LogP contribution in [0.4, 0.5) is 8.78 Å². The van der Waals surface area contributed by atoms with E-state index in [0.717, 1.165) is 17.6 Å². The summed E-state index contributed by atoms with van der Waals surface area (Å²) in [7, 11) is 3.49. The number of halogens is 2. The Labute approximate surface area is 101 Å². The van der Waals surface area contributed by atoms with Crippen molar-refractivity contribution >= 4 is 21.4 Å². The second kappa shape index (κ2) is 4.34. The van der Waals surface area contributed by atoms with Crippen molar-refractivity contribution in [2.24, 2.45) is 7.05 Å². The number of fused-ring (bicyclic) bond motifs is 1. The lowest BCUT2D eigenvalue weighted by Gasteiger charge is -2.10. The molecule has 17 heavy (non-hydrogen) atoms. The van der Waals surface area contributed by atoms with Crippen LogP contribution in [0.5, 0.6) is 0 Å². The first-order chi connectivity index (χ1) is 7.93. The average molecular weight is 256 g/mol. The van der Waals surface area contributed by atoms with Crippen LogP contribution >= 0.6 is 9.24 Å². The smallest absolute Gasteiger partial charge is 0.283 e. The lowest BCUT2D eigenvalue weighted by atomic mass is 10.2. The van der Waals surface area contributed by atoms with Gasteiger partial charge >= 0.3 is 0 Å². The molecule has 0 aliphatic heterocycles. The van der Waals surface area contributed by atoms with Crippen LogP contribution in [0.15, 0.2) is 11.6 Å². The number of alkyl halides is 2. The van der Waals surface area contributed by atoms with E-state index >= 15 is 0 Å². The molecule has 1 unspecified atom stereocenters. The maximum absolute atomic E-state index is 13.3. The third-order valence-electron chi connectivity index (χ3n) is 2.90. The highest BCUT2D eigenvalue weighted by Crippen LogP contribution is 2.32. The molecule has 0 saturated heterocycles. The Morgan fingerprint density at radius 3 is 2.76 bits per heavy atom. The van der Waals surface area contributed by atoms with Crippen LogP contribution in [0.2, 0.25) is 0 Å². The highest BCUT2D eigenvalue weighted by Gasteiger charge is 2.26. The summed E-state index contributed by atoms with van der Waals surface area (Å²) >= 11 is 0. The van der Waals surface area contributed by atoms with Crippen LogP contribution in [0.25, 0.3) is 12.2 Å². The number of aromatic nitrogens is 2. The Balaban J connectivity index is 2.64. The standard InChI is InChI=1S/C12H15F2N2P/c1-3-11-15-9-7-8(12(13,14)17)5-4-6-10(9)16(11)2/h5-7H,3-4,17H2,1-2H3. The van der Waals surface area contributed by atoms with Gasteiger partial charge in [-0.15, -0.1) is 0 Å². The number of hydrogen-bond donors (Lipinski definition) is 0. The normalized spacial score (nSPS) is 15.5. The maximum atomic E-state index is 13.3. The van der Waals surface area contributed by atoms with E-state index in [4.69, 9.17) is 0 Å². The van der Waals surface area contributed by atoms with Crippen molar-refractivity contribution in [1.29, 1.82) is 0 Å². The molecule has 5 heteroatoms. The van der Waals surface area contributed by atoms with Crippen LogP contribution in [0, 0.1) is 0 Å². The topological polar surface area (TPSA) is 17.8 Å². The molecular weight excluding hydrogens is 241 g/mol. The fraction of sp³-hybridized carbons (Fsp3) is 0.417. The van der Waals surface area contributed by atoms with E-state index < -0.39 is 5.66 Å². The zero-order valence-electron chi connectivity index (χ0n) is 9.87. The Hall–Kier alpha value is -1.02. The van der Waals surface area contributed by atoms with Crippen molar-refractivity contribution in [1.82, 2.24) is 9.55 Å². The fourth-order valence-electron chi connectivity index (χ4n) is 1.98. The second-order valence-electron chi connectivity index (χ2n) is 4.08. The number of aryl methyl sites for hydroxylation is 1. The van der Waals surface area contributed by atoms with Crippen LogP contribution in [0.1, 0.15) is 19.2 Å². The van der Waals surface area contributed by atoms with Gasteiger partial charge in [0.2, 0.25) is 0 Å². The van der Waals surface area contributed by atoms with E-state index in [1.807, 2.05) is 24.6 Å². The first-order valence-electron chi connectivity index (χ1n) is 5.54. The molecule has 92 valence electrons. The van der Waals surface area contributed by atoms with Crippen LogP contribution in [0.3, 0.4) is 0 Å². The summed E-state index contributed by atoms with van der Waals surface area (Å²) in [5.41, 5.74) is -2.88. The van der Waals surface area contributed by atoms with Crippen molar-refractivity contribution in [2.75, 3.05) is 0 Å². The van der Waals surface area contributed by atoms with Crippen LogP contribution in [-0.4, -0.2) is 15.2 Å². The molecule has 1 aliphatic rings. The van der Waals surface area contributed by atoms with Gasteiger partial charge in [-0.3, -0.25) is 0 Å². The summed E-state index contributed by atoms with van der Waals surface area (Å²) in [5, 5.41) is 1.55. The number of hydrogen-bond acceptors (Lipinski definition) is 1. The predicted octanol–water partition coefficient (Wildman–Crippen LogP) is 1.34. The second-order valence-corrected chi connectivity index (χ2v) is 4.80. The molecule has 0 radical (unpaired) electrons. The lowest BCUT2D eigenvalue weighted by molar-refractivity contribution is 0.153. The number of rotatable bonds is 2. The van der Waals surface area contributed by atoms with E-state index in [0.29, 0.717) is 11.8 Å². The summed E-state index contributed by atoms with van der Waals surface area (Å²) in [6.07, 6.45) is 6.25. The molecule has 2 rings (SSSR count). The predicted molar refractivity (Wildman–Crippen MR) is 68.1 cm³/mol. The quantitative estimate of drug-likeness (QED) is 0.730. The van der Waals surface area contributed by atoms with Crippen molar-refractivity contribution in [2.45, 2.75) is 25.4 Å². The molecule has 0 saturated carbocycles. The Morgan fingerprint density at radius 2 is 2.18 bits per heavy atom. The summed E-state index contributed by atoms with van der Waals surface area (Å²) in [5.74, 6) is 0.913.